The van der Waals surface area contributed by atoms with Crippen LogP contribution in [0.15, 0.2) is 63.9 Å². The van der Waals surface area contributed by atoms with Crippen molar-refractivity contribution in [2.45, 2.75) is 13.1 Å². The van der Waals surface area contributed by atoms with Crippen molar-refractivity contribution in [3.8, 4) is 0 Å². The lowest BCUT2D eigenvalue weighted by Crippen LogP contribution is -2.30. The van der Waals surface area contributed by atoms with E-state index < -0.39 is 0 Å². The van der Waals surface area contributed by atoms with E-state index in [1.807, 2.05) is 41.1 Å². The summed E-state index contributed by atoms with van der Waals surface area (Å²) in [5.74, 6) is -0.113. The number of benzene rings is 1. The Morgan fingerprint density at radius 1 is 1.21 bits per heavy atom. The molecule has 2 heterocycles. The predicted octanol–water partition coefficient (Wildman–Crippen LogP) is 5.40. The molecule has 0 radical (unpaired) electrons. The van der Waals surface area contributed by atoms with Gasteiger partial charge in [0.2, 0.25) is 0 Å². The third-order valence-electron chi connectivity index (χ3n) is 3.48. The number of carbonyl (C=O) groups excluding carboxylic acids is 1. The lowest BCUT2D eigenvalue weighted by molar-refractivity contribution is 0.0728. The fraction of sp³-hybridized carbons (Fsp3) is 0.111. The molecule has 0 aliphatic rings. The fourth-order valence-corrected chi connectivity index (χ4v) is 3.54. The second-order valence-corrected chi connectivity index (χ2v) is 7.34. The van der Waals surface area contributed by atoms with Gasteiger partial charge in [-0.3, -0.25) is 9.78 Å². The normalized spacial score (nSPS) is 10.6. The van der Waals surface area contributed by atoms with Gasteiger partial charge in [0.05, 0.1) is 22.8 Å². The van der Waals surface area contributed by atoms with Crippen LogP contribution in [-0.4, -0.2) is 15.8 Å². The van der Waals surface area contributed by atoms with Gasteiger partial charge in [0.1, 0.15) is 0 Å². The molecule has 0 aliphatic heterocycles. The largest absolute Gasteiger partial charge is 0.328 e. The molecule has 6 heteroatoms. The first kappa shape index (κ1) is 17.1. The van der Waals surface area contributed by atoms with E-state index in [9.17, 15) is 4.79 Å². The molecule has 0 bridgehead atoms. The summed E-state index contributed by atoms with van der Waals surface area (Å²) >= 11 is 11.3. The highest BCUT2D eigenvalue weighted by molar-refractivity contribution is 9.10. The molecule has 0 aliphatic carbocycles. The zero-order chi connectivity index (χ0) is 16.9. The Morgan fingerprint density at radius 2 is 2.08 bits per heavy atom. The van der Waals surface area contributed by atoms with E-state index in [1.165, 1.54) is 0 Å². The van der Waals surface area contributed by atoms with Gasteiger partial charge in [-0.25, -0.2) is 0 Å². The molecule has 0 unspecified atom stereocenters. The highest BCUT2D eigenvalue weighted by atomic mass is 79.9. The quantitative estimate of drug-likeness (QED) is 0.552. The van der Waals surface area contributed by atoms with E-state index in [2.05, 4.69) is 20.9 Å². The van der Waals surface area contributed by atoms with Crippen molar-refractivity contribution >= 4 is 44.8 Å². The van der Waals surface area contributed by atoms with Crippen LogP contribution in [0.5, 0.6) is 0 Å². The maximum atomic E-state index is 13.0. The van der Waals surface area contributed by atoms with Crippen molar-refractivity contribution in [3.05, 3.63) is 85.7 Å². The van der Waals surface area contributed by atoms with E-state index in [-0.39, 0.29) is 5.91 Å². The summed E-state index contributed by atoms with van der Waals surface area (Å²) in [6.45, 7) is 0.945. The first-order chi connectivity index (χ1) is 11.6. The van der Waals surface area contributed by atoms with Crippen molar-refractivity contribution in [2.75, 3.05) is 0 Å². The standard InChI is InChI=1S/C18H14BrClN2OS/c19-14-4-5-17(20)16(9-14)18(23)22(10-13-6-8-24-12-13)11-15-3-1-2-7-21-15/h1-9,12H,10-11H2. The van der Waals surface area contributed by atoms with E-state index in [1.54, 1.807) is 34.6 Å². The van der Waals surface area contributed by atoms with Crippen LogP contribution < -0.4 is 0 Å². The number of hydrogen-bond donors (Lipinski definition) is 0. The zero-order valence-corrected chi connectivity index (χ0v) is 15.8. The summed E-state index contributed by atoms with van der Waals surface area (Å²) in [6, 6.07) is 13.0. The number of rotatable bonds is 5. The van der Waals surface area contributed by atoms with E-state index in [0.717, 1.165) is 15.7 Å². The molecular formula is C18H14BrClN2OS. The highest BCUT2D eigenvalue weighted by Crippen LogP contribution is 2.24. The summed E-state index contributed by atoms with van der Waals surface area (Å²) < 4.78 is 0.823. The fourth-order valence-electron chi connectivity index (χ4n) is 2.32. The molecule has 0 spiro atoms. The highest BCUT2D eigenvalue weighted by Gasteiger charge is 2.20. The van der Waals surface area contributed by atoms with Gasteiger partial charge in [-0.1, -0.05) is 33.6 Å². The minimum absolute atomic E-state index is 0.113. The summed E-state index contributed by atoms with van der Waals surface area (Å²) in [4.78, 5) is 19.1. The molecule has 24 heavy (non-hydrogen) atoms. The number of aromatic nitrogens is 1. The van der Waals surface area contributed by atoms with Gasteiger partial charge < -0.3 is 4.90 Å². The van der Waals surface area contributed by atoms with Crippen molar-refractivity contribution in [1.82, 2.24) is 9.88 Å². The third-order valence-corrected chi connectivity index (χ3v) is 5.03. The molecule has 0 atom stereocenters. The van der Waals surface area contributed by atoms with Crippen molar-refractivity contribution < 1.29 is 4.79 Å². The Morgan fingerprint density at radius 3 is 2.79 bits per heavy atom. The van der Waals surface area contributed by atoms with E-state index in [0.29, 0.717) is 23.7 Å². The van der Waals surface area contributed by atoms with Crippen LogP contribution >= 0.6 is 38.9 Å². The molecule has 0 fully saturated rings. The van der Waals surface area contributed by atoms with Crippen LogP contribution in [0.25, 0.3) is 0 Å². The number of nitrogens with zero attached hydrogens (tertiary/aromatic N) is 2. The van der Waals surface area contributed by atoms with Crippen LogP contribution in [0.1, 0.15) is 21.6 Å². The summed E-state index contributed by atoms with van der Waals surface area (Å²) in [6.07, 6.45) is 1.73. The lowest BCUT2D eigenvalue weighted by atomic mass is 10.1. The van der Waals surface area contributed by atoms with Gasteiger partial charge in [0, 0.05) is 17.2 Å². The maximum Gasteiger partial charge on any atom is 0.256 e. The molecule has 0 saturated heterocycles. The number of halogens is 2. The van der Waals surface area contributed by atoms with Gasteiger partial charge in [-0.15, -0.1) is 0 Å². The van der Waals surface area contributed by atoms with Gasteiger partial charge >= 0.3 is 0 Å². The van der Waals surface area contributed by atoms with Gasteiger partial charge in [0.25, 0.3) is 5.91 Å². The molecule has 0 N–H and O–H groups in total. The number of thiophene rings is 1. The van der Waals surface area contributed by atoms with Crippen molar-refractivity contribution in [3.63, 3.8) is 0 Å². The van der Waals surface area contributed by atoms with E-state index in [4.69, 9.17) is 11.6 Å². The average molecular weight is 422 g/mol. The number of carbonyl (C=O) groups is 1. The molecule has 122 valence electrons. The molecular weight excluding hydrogens is 408 g/mol. The smallest absolute Gasteiger partial charge is 0.256 e. The Kier molecular flexibility index (Phi) is 5.66. The molecule has 3 rings (SSSR count). The Hall–Kier alpha value is -1.69. The van der Waals surface area contributed by atoms with Gasteiger partial charge in [-0.2, -0.15) is 11.3 Å². The first-order valence-electron chi connectivity index (χ1n) is 7.29. The van der Waals surface area contributed by atoms with Crippen LogP contribution in [0.4, 0.5) is 0 Å². The number of amides is 1. The minimum atomic E-state index is -0.113. The lowest BCUT2D eigenvalue weighted by Gasteiger charge is -2.23. The maximum absolute atomic E-state index is 13.0. The van der Waals surface area contributed by atoms with Gasteiger partial charge in [0.15, 0.2) is 0 Å². The Bertz CT molecular complexity index is 824. The summed E-state index contributed by atoms with van der Waals surface area (Å²) in [7, 11) is 0. The third kappa shape index (κ3) is 4.23. The topological polar surface area (TPSA) is 33.2 Å². The molecule has 1 aromatic carbocycles. The Balaban J connectivity index is 1.90. The number of hydrogen-bond acceptors (Lipinski definition) is 3. The molecule has 2 aromatic heterocycles. The van der Waals surface area contributed by atoms with Crippen molar-refractivity contribution in [1.29, 1.82) is 0 Å². The molecule has 1 amide bonds. The number of pyridine rings is 1. The van der Waals surface area contributed by atoms with Crippen LogP contribution in [0, 0.1) is 0 Å². The zero-order valence-electron chi connectivity index (χ0n) is 12.7. The van der Waals surface area contributed by atoms with Gasteiger partial charge in [-0.05, 0) is 52.7 Å². The molecule has 3 aromatic rings. The molecule has 3 nitrogen and oxygen atoms in total. The summed E-state index contributed by atoms with van der Waals surface area (Å²) in [5, 5.41) is 4.49. The predicted molar refractivity (Wildman–Crippen MR) is 101 cm³/mol. The second kappa shape index (κ2) is 7.92. The monoisotopic (exact) mass is 420 g/mol. The molecule has 0 saturated carbocycles. The van der Waals surface area contributed by atoms with Crippen LogP contribution in [-0.2, 0) is 13.1 Å². The minimum Gasteiger partial charge on any atom is -0.328 e. The average Bonchev–Trinajstić information content (AvgIpc) is 3.10. The summed E-state index contributed by atoms with van der Waals surface area (Å²) in [5.41, 5.74) is 2.42. The first-order valence-corrected chi connectivity index (χ1v) is 9.40. The Labute approximate surface area is 158 Å². The second-order valence-electron chi connectivity index (χ2n) is 5.24. The van der Waals surface area contributed by atoms with E-state index >= 15 is 0 Å². The van der Waals surface area contributed by atoms with Crippen LogP contribution in [0.2, 0.25) is 5.02 Å². The SMILES string of the molecule is O=C(c1cc(Br)ccc1Cl)N(Cc1ccsc1)Cc1ccccn1. The van der Waals surface area contributed by atoms with Crippen LogP contribution in [0.3, 0.4) is 0 Å². The van der Waals surface area contributed by atoms with Crippen molar-refractivity contribution in [2.24, 2.45) is 0 Å².